The number of nitrogens with zero attached hydrogens (tertiary/aromatic N) is 4. The standard InChI is InChI=1S/C35H59N9O8/c1-34(2,3)52-33(50)41-25(17-21-11-7-6-8-12-21)31(48)43-20-23(44-27(19-38-42-44)35(4,5)51)18-26(43)30(47)40-24(28(45)29(36)46)13-9-10-16-37-32(49)39-22-14-15-22/h19,21-26,28,45,51H,6-18,20H2,1-5H3,(H2,36,46)(H,40,47)(H,41,50)(H2,37,39,49)/t23-,24?,25+,26-,28?/m0/s1. The van der Waals surface area contributed by atoms with E-state index < -0.39 is 65.3 Å². The summed E-state index contributed by atoms with van der Waals surface area (Å²) in [5.41, 5.74) is 3.71. The first kappa shape index (κ1) is 40.8. The number of hydrogen-bond acceptors (Lipinski definition) is 10. The van der Waals surface area contributed by atoms with E-state index in [1.54, 1.807) is 34.6 Å². The second-order valence-electron chi connectivity index (χ2n) is 16.1. The topological polar surface area (TPSA) is 243 Å². The monoisotopic (exact) mass is 733 g/mol. The van der Waals surface area contributed by atoms with E-state index in [9.17, 15) is 34.2 Å². The fourth-order valence-corrected chi connectivity index (χ4v) is 7.00. The van der Waals surface area contributed by atoms with Crippen molar-refractivity contribution < 1.29 is 38.9 Å². The van der Waals surface area contributed by atoms with Crippen LogP contribution < -0.4 is 27.0 Å². The molecule has 0 bridgehead atoms. The Hall–Kier alpha value is -3.99. The van der Waals surface area contributed by atoms with Crippen molar-refractivity contribution in [3.05, 3.63) is 11.9 Å². The number of rotatable bonds is 16. The molecule has 1 saturated heterocycles. The van der Waals surface area contributed by atoms with Gasteiger partial charge in [-0.3, -0.25) is 14.4 Å². The van der Waals surface area contributed by atoms with E-state index in [4.69, 9.17) is 10.5 Å². The fraction of sp³-hybridized carbons (Fsp3) is 0.800. The van der Waals surface area contributed by atoms with Crippen molar-refractivity contribution >= 4 is 29.8 Å². The summed E-state index contributed by atoms with van der Waals surface area (Å²) in [7, 11) is 0. The van der Waals surface area contributed by atoms with E-state index in [1.165, 1.54) is 15.8 Å². The molecule has 8 N–H and O–H groups in total. The molecule has 17 heteroatoms. The van der Waals surface area contributed by atoms with Gasteiger partial charge < -0.3 is 46.9 Å². The molecular formula is C35H59N9O8. The third kappa shape index (κ3) is 12.0. The molecule has 4 rings (SSSR count). The Labute approximate surface area is 305 Å². The highest BCUT2D eigenvalue weighted by molar-refractivity contribution is 5.92. The van der Waals surface area contributed by atoms with Gasteiger partial charge >= 0.3 is 12.1 Å². The lowest BCUT2D eigenvalue weighted by Crippen LogP contribution is -2.57. The minimum atomic E-state index is -1.71. The number of urea groups is 1. The Balaban J connectivity index is 1.55. The van der Waals surface area contributed by atoms with Crippen molar-refractivity contribution in [2.24, 2.45) is 11.7 Å². The number of amides is 6. The number of primary amides is 1. The molecule has 0 aromatic carbocycles. The summed E-state index contributed by atoms with van der Waals surface area (Å²) in [4.78, 5) is 67.2. The molecule has 2 unspecified atom stereocenters. The molecular weight excluding hydrogens is 674 g/mol. The number of ether oxygens (including phenoxy) is 1. The number of hydrogen-bond donors (Lipinski definition) is 7. The molecule has 2 aliphatic carbocycles. The summed E-state index contributed by atoms with van der Waals surface area (Å²) >= 11 is 0. The molecule has 2 heterocycles. The molecule has 1 aliphatic heterocycles. The van der Waals surface area contributed by atoms with E-state index >= 15 is 0 Å². The van der Waals surface area contributed by atoms with Crippen LogP contribution >= 0.6 is 0 Å². The molecule has 292 valence electrons. The molecule has 17 nitrogen and oxygen atoms in total. The second kappa shape index (κ2) is 17.7. The summed E-state index contributed by atoms with van der Waals surface area (Å²) in [5, 5.41) is 40.9. The average Bonchev–Trinajstić information content (AvgIpc) is 3.52. The van der Waals surface area contributed by atoms with Crippen molar-refractivity contribution in [1.82, 2.24) is 41.2 Å². The van der Waals surface area contributed by atoms with E-state index in [0.717, 1.165) is 44.9 Å². The zero-order chi connectivity index (χ0) is 38.2. The van der Waals surface area contributed by atoms with Gasteiger partial charge in [-0.1, -0.05) is 37.3 Å². The Morgan fingerprint density at radius 3 is 2.33 bits per heavy atom. The largest absolute Gasteiger partial charge is 0.444 e. The van der Waals surface area contributed by atoms with Gasteiger partial charge in [-0.25, -0.2) is 14.3 Å². The van der Waals surface area contributed by atoms with Crippen molar-refractivity contribution in [1.29, 1.82) is 0 Å². The molecule has 6 amide bonds. The predicted octanol–water partition coefficient (Wildman–Crippen LogP) is 1.47. The van der Waals surface area contributed by atoms with Crippen molar-refractivity contribution in [2.75, 3.05) is 13.1 Å². The van der Waals surface area contributed by atoms with Gasteiger partial charge in [-0.2, -0.15) is 0 Å². The highest BCUT2D eigenvalue weighted by Gasteiger charge is 2.45. The highest BCUT2D eigenvalue weighted by atomic mass is 16.6. The van der Waals surface area contributed by atoms with Gasteiger partial charge in [0.15, 0.2) is 6.10 Å². The number of nitrogens with two attached hydrogens (primary N) is 1. The number of aliphatic hydroxyl groups excluding tert-OH is 1. The molecule has 1 aromatic rings. The van der Waals surface area contributed by atoms with Gasteiger partial charge in [-0.05, 0) is 79.1 Å². The molecule has 52 heavy (non-hydrogen) atoms. The van der Waals surface area contributed by atoms with Crippen molar-refractivity contribution in [2.45, 2.75) is 159 Å². The van der Waals surface area contributed by atoms with Crippen LogP contribution in [0.2, 0.25) is 0 Å². The van der Waals surface area contributed by atoms with Gasteiger partial charge in [0, 0.05) is 25.6 Å². The average molecular weight is 734 g/mol. The molecule has 3 aliphatic rings. The highest BCUT2D eigenvalue weighted by Crippen LogP contribution is 2.33. The van der Waals surface area contributed by atoms with E-state index in [-0.39, 0.29) is 37.4 Å². The number of carbonyl (C=O) groups excluding carboxylic acids is 5. The summed E-state index contributed by atoms with van der Waals surface area (Å²) in [5.74, 6) is -1.94. The van der Waals surface area contributed by atoms with Gasteiger partial charge in [0.25, 0.3) is 0 Å². The van der Waals surface area contributed by atoms with E-state index in [0.29, 0.717) is 31.5 Å². The van der Waals surface area contributed by atoms with Crippen LogP contribution in [-0.4, -0.2) is 109 Å². The summed E-state index contributed by atoms with van der Waals surface area (Å²) in [6.45, 7) is 8.72. The Morgan fingerprint density at radius 1 is 1.02 bits per heavy atom. The third-order valence-corrected chi connectivity index (χ3v) is 9.84. The molecule has 2 saturated carbocycles. The normalized spacial score (nSPS) is 21.5. The first-order chi connectivity index (χ1) is 24.4. The van der Waals surface area contributed by atoms with E-state index in [1.807, 2.05) is 0 Å². The maximum atomic E-state index is 14.5. The first-order valence-electron chi connectivity index (χ1n) is 18.7. The Kier molecular flexibility index (Phi) is 13.9. The van der Waals surface area contributed by atoms with Crippen LogP contribution in [0, 0.1) is 5.92 Å². The van der Waals surface area contributed by atoms with Crippen LogP contribution in [0.15, 0.2) is 6.20 Å². The third-order valence-electron chi connectivity index (χ3n) is 9.84. The summed E-state index contributed by atoms with van der Waals surface area (Å²) < 4.78 is 7.03. The molecule has 0 radical (unpaired) electrons. The minimum absolute atomic E-state index is 0.0121. The lowest BCUT2D eigenvalue weighted by Gasteiger charge is -2.33. The summed E-state index contributed by atoms with van der Waals surface area (Å²) in [6.07, 6.45) is 7.43. The number of nitrogens with one attached hydrogen (secondary N) is 4. The zero-order valence-electron chi connectivity index (χ0n) is 31.2. The first-order valence-corrected chi connectivity index (χ1v) is 18.7. The number of likely N-dealkylation sites (tertiary alicyclic amines) is 1. The maximum absolute atomic E-state index is 14.5. The Bertz CT molecular complexity index is 1400. The van der Waals surface area contributed by atoms with Crippen LogP contribution in [0.25, 0.3) is 0 Å². The quantitative estimate of drug-likeness (QED) is 0.121. The SMILES string of the molecule is CC(C)(C)OC(=O)N[C@H](CC1CCCCC1)C(=O)N1C[C@@H](n2nncc2C(C)(C)O)C[C@H]1C(=O)NC(CCCCNC(=O)NC1CC1)C(O)C(N)=O. The molecule has 0 spiro atoms. The molecule has 5 atom stereocenters. The zero-order valence-corrected chi connectivity index (χ0v) is 31.2. The Morgan fingerprint density at radius 2 is 1.71 bits per heavy atom. The second-order valence-corrected chi connectivity index (χ2v) is 16.1. The lowest BCUT2D eigenvalue weighted by molar-refractivity contribution is -0.141. The van der Waals surface area contributed by atoms with Crippen molar-refractivity contribution in [3.63, 3.8) is 0 Å². The van der Waals surface area contributed by atoms with Gasteiger partial charge in [0.1, 0.15) is 23.3 Å². The van der Waals surface area contributed by atoms with Gasteiger partial charge in [-0.15, -0.1) is 5.10 Å². The summed E-state index contributed by atoms with van der Waals surface area (Å²) in [6, 6.07) is -3.78. The molecule has 3 fully saturated rings. The number of carbonyl (C=O) groups is 5. The van der Waals surface area contributed by atoms with Crippen LogP contribution in [0.5, 0.6) is 0 Å². The van der Waals surface area contributed by atoms with Gasteiger partial charge in [0.05, 0.1) is 24.0 Å². The number of unbranched alkanes of at least 4 members (excludes halogenated alkanes) is 1. The van der Waals surface area contributed by atoms with E-state index in [2.05, 4.69) is 31.6 Å². The lowest BCUT2D eigenvalue weighted by atomic mass is 9.84. The fourth-order valence-electron chi connectivity index (χ4n) is 7.00. The number of aliphatic hydroxyl groups is 2. The van der Waals surface area contributed by atoms with Crippen LogP contribution in [0.3, 0.4) is 0 Å². The van der Waals surface area contributed by atoms with Gasteiger partial charge in [0.2, 0.25) is 17.7 Å². The number of aromatic nitrogens is 3. The van der Waals surface area contributed by atoms with Crippen LogP contribution in [0.4, 0.5) is 9.59 Å². The minimum Gasteiger partial charge on any atom is -0.444 e. The molecule has 1 aromatic heterocycles. The van der Waals surface area contributed by atoms with Crippen LogP contribution in [-0.2, 0) is 24.7 Å². The number of alkyl carbamates (subject to hydrolysis) is 1. The maximum Gasteiger partial charge on any atom is 0.408 e. The van der Waals surface area contributed by atoms with Crippen molar-refractivity contribution in [3.8, 4) is 0 Å². The smallest absolute Gasteiger partial charge is 0.408 e. The van der Waals surface area contributed by atoms with Crippen LogP contribution in [0.1, 0.15) is 123 Å². The predicted molar refractivity (Wildman–Crippen MR) is 189 cm³/mol.